The zero-order chi connectivity index (χ0) is 35.6. The molecule has 0 radical (unpaired) electrons. The minimum atomic E-state index is -1.20. The van der Waals surface area contributed by atoms with Crippen LogP contribution < -0.4 is 21.7 Å². The molecule has 5 fully saturated rings. The number of hydrogen-bond donors (Lipinski definition) is 4. The molecule has 4 aliphatic carbocycles. The van der Waals surface area contributed by atoms with Gasteiger partial charge in [-0.25, -0.2) is 0 Å². The highest BCUT2D eigenvalue weighted by molar-refractivity contribution is 5.96. The lowest BCUT2D eigenvalue weighted by atomic mass is 9.49. The summed E-state index contributed by atoms with van der Waals surface area (Å²) in [6.45, 7) is 13.1. The predicted octanol–water partition coefficient (Wildman–Crippen LogP) is 2.96. The largest absolute Gasteiger partial charge is 0.460 e. The van der Waals surface area contributed by atoms with E-state index >= 15 is 0 Å². The first-order valence-corrected chi connectivity index (χ1v) is 18.1. The summed E-state index contributed by atoms with van der Waals surface area (Å²) in [6.07, 6.45) is 7.72. The molecule has 12 nitrogen and oxygen atoms in total. The van der Waals surface area contributed by atoms with Gasteiger partial charge in [0.1, 0.15) is 29.8 Å². The summed E-state index contributed by atoms with van der Waals surface area (Å²) < 4.78 is 5.40. The highest BCUT2D eigenvalue weighted by Gasteiger charge is 2.57. The number of ether oxygens (including phenoxy) is 1. The number of nitrogens with zero attached hydrogens (tertiary/aromatic N) is 1. The topological polar surface area (TPSA) is 177 Å². The Kier molecular flexibility index (Phi) is 11.9. The van der Waals surface area contributed by atoms with Gasteiger partial charge in [-0.1, -0.05) is 27.7 Å². The van der Waals surface area contributed by atoms with Crippen molar-refractivity contribution in [2.45, 2.75) is 149 Å². The van der Waals surface area contributed by atoms with E-state index in [1.165, 1.54) is 19.3 Å². The number of esters is 1. The van der Waals surface area contributed by atoms with E-state index in [0.717, 1.165) is 25.7 Å². The van der Waals surface area contributed by atoms with Crippen molar-refractivity contribution in [3.63, 3.8) is 0 Å². The Morgan fingerprint density at radius 2 is 1.42 bits per heavy atom. The highest BCUT2D eigenvalue weighted by atomic mass is 16.6. The minimum absolute atomic E-state index is 0.0172. The molecule has 4 saturated carbocycles. The Hall–Kier alpha value is -3.18. The molecule has 0 aromatic heterocycles. The van der Waals surface area contributed by atoms with E-state index in [4.69, 9.17) is 10.5 Å². The molecule has 0 aromatic carbocycles. The van der Waals surface area contributed by atoms with E-state index < -0.39 is 53.5 Å². The number of nitrogens with two attached hydrogens (primary N) is 1. The van der Waals surface area contributed by atoms with Crippen LogP contribution in [-0.4, -0.2) is 76.7 Å². The summed E-state index contributed by atoms with van der Waals surface area (Å²) in [5.41, 5.74) is 4.43. The number of carbonyl (C=O) groups excluding carboxylic acids is 6. The van der Waals surface area contributed by atoms with Gasteiger partial charge in [-0.3, -0.25) is 28.8 Å². The molecule has 5 aliphatic rings. The standard InChI is InChI=1S/C36H59N5O7/c1-20(2)13-26(32(45)38-25(10-11-28(42)48-35(5,6)7)31(44)40-29(21(3)4)30(37)43)39-33(46)27-9-8-12-41(27)34(47)36-17-22-14-23(18-36)16-24(15-22)19-36/h20-27,29H,8-19H2,1-7H3,(H2,37,43)(H,38,45)(H,39,46)(H,40,44)/t22?,23?,24?,25-,26-,27-,29-,36?/m0/s1. The SMILES string of the molecule is CC(C)C[C@H](NC(=O)[C@@H]1CCCN1C(=O)C12CC3CC(CC(C3)C1)C2)C(=O)N[C@@H](CCC(=O)OC(C)(C)C)C(=O)N[C@H](C(N)=O)C(C)C. The first-order valence-electron chi connectivity index (χ1n) is 18.1. The third-order valence-electron chi connectivity index (χ3n) is 10.6. The molecule has 4 bridgehead atoms. The molecule has 1 saturated heterocycles. The maximum Gasteiger partial charge on any atom is 0.306 e. The zero-order valence-corrected chi connectivity index (χ0v) is 30.1. The molecule has 0 aromatic rings. The average molecular weight is 674 g/mol. The molecule has 1 heterocycles. The van der Waals surface area contributed by atoms with Crippen LogP contribution in [0.25, 0.3) is 0 Å². The van der Waals surface area contributed by atoms with E-state index in [0.29, 0.717) is 37.1 Å². The molecule has 48 heavy (non-hydrogen) atoms. The maximum atomic E-state index is 14.2. The van der Waals surface area contributed by atoms with Gasteiger partial charge in [0, 0.05) is 13.0 Å². The molecular weight excluding hydrogens is 614 g/mol. The first-order chi connectivity index (χ1) is 22.4. The van der Waals surface area contributed by atoms with Gasteiger partial charge in [0.25, 0.3) is 0 Å². The Labute approximate surface area is 285 Å². The van der Waals surface area contributed by atoms with Crippen molar-refractivity contribution in [2.24, 2.45) is 40.7 Å². The Bertz CT molecular complexity index is 1210. The van der Waals surface area contributed by atoms with Crippen LogP contribution in [0, 0.1) is 35.0 Å². The maximum absolute atomic E-state index is 14.2. The fourth-order valence-electron chi connectivity index (χ4n) is 8.95. The van der Waals surface area contributed by atoms with E-state index in [1.54, 1.807) is 39.5 Å². The fraction of sp³-hybridized carbons (Fsp3) is 0.833. The van der Waals surface area contributed by atoms with Gasteiger partial charge < -0.3 is 31.3 Å². The van der Waals surface area contributed by atoms with Crippen molar-refractivity contribution < 1.29 is 33.5 Å². The van der Waals surface area contributed by atoms with E-state index in [1.807, 2.05) is 13.8 Å². The molecular formula is C36H59N5O7. The van der Waals surface area contributed by atoms with E-state index in [9.17, 15) is 28.8 Å². The normalized spacial score (nSPS) is 28.1. The summed E-state index contributed by atoms with van der Waals surface area (Å²) in [4.78, 5) is 81.7. The molecule has 5 amide bonds. The molecule has 0 unspecified atom stereocenters. The number of rotatable bonds is 14. The third-order valence-corrected chi connectivity index (χ3v) is 10.6. The number of amides is 5. The fourth-order valence-corrected chi connectivity index (χ4v) is 8.95. The Balaban J connectivity index is 1.47. The quantitative estimate of drug-likeness (QED) is 0.205. The summed E-state index contributed by atoms with van der Waals surface area (Å²) in [5.74, 6) is -1.24. The van der Waals surface area contributed by atoms with Crippen molar-refractivity contribution >= 4 is 35.5 Å². The van der Waals surface area contributed by atoms with Gasteiger partial charge in [0.2, 0.25) is 29.5 Å². The summed E-state index contributed by atoms with van der Waals surface area (Å²) >= 11 is 0. The van der Waals surface area contributed by atoms with Crippen LogP contribution in [0.15, 0.2) is 0 Å². The van der Waals surface area contributed by atoms with E-state index in [-0.39, 0.29) is 41.9 Å². The average Bonchev–Trinajstić information content (AvgIpc) is 3.45. The number of hydrogen-bond acceptors (Lipinski definition) is 7. The van der Waals surface area contributed by atoms with Crippen LogP contribution in [0.5, 0.6) is 0 Å². The lowest BCUT2D eigenvalue weighted by Gasteiger charge is -2.56. The summed E-state index contributed by atoms with van der Waals surface area (Å²) in [6, 6.07) is -3.81. The van der Waals surface area contributed by atoms with Crippen LogP contribution in [-0.2, 0) is 33.5 Å². The van der Waals surface area contributed by atoms with Crippen LogP contribution in [0.3, 0.4) is 0 Å². The molecule has 1 aliphatic heterocycles. The number of carbonyl (C=O) groups is 6. The monoisotopic (exact) mass is 673 g/mol. The molecule has 0 spiro atoms. The molecule has 270 valence electrons. The summed E-state index contributed by atoms with van der Waals surface area (Å²) in [7, 11) is 0. The van der Waals surface area contributed by atoms with Crippen molar-refractivity contribution in [3.8, 4) is 0 Å². The second-order valence-electron chi connectivity index (χ2n) is 16.9. The van der Waals surface area contributed by atoms with Gasteiger partial charge in [0.15, 0.2) is 0 Å². The second-order valence-corrected chi connectivity index (χ2v) is 16.9. The van der Waals surface area contributed by atoms with Crippen LogP contribution in [0.2, 0.25) is 0 Å². The van der Waals surface area contributed by atoms with Crippen molar-refractivity contribution in [1.82, 2.24) is 20.9 Å². The second kappa shape index (κ2) is 15.2. The van der Waals surface area contributed by atoms with Gasteiger partial charge in [0.05, 0.1) is 5.41 Å². The van der Waals surface area contributed by atoms with Gasteiger partial charge >= 0.3 is 5.97 Å². The molecule has 4 atom stereocenters. The third kappa shape index (κ3) is 9.28. The lowest BCUT2D eigenvalue weighted by Crippen LogP contribution is -2.60. The minimum Gasteiger partial charge on any atom is -0.460 e. The smallest absolute Gasteiger partial charge is 0.306 e. The van der Waals surface area contributed by atoms with Gasteiger partial charge in [-0.15, -0.1) is 0 Å². The Morgan fingerprint density at radius 3 is 1.92 bits per heavy atom. The number of likely N-dealkylation sites (tertiary alicyclic amines) is 1. The highest BCUT2D eigenvalue weighted by Crippen LogP contribution is 2.60. The predicted molar refractivity (Wildman–Crippen MR) is 180 cm³/mol. The zero-order valence-electron chi connectivity index (χ0n) is 30.1. The number of nitrogens with one attached hydrogen (secondary N) is 3. The summed E-state index contributed by atoms with van der Waals surface area (Å²) in [5, 5.41) is 8.28. The Morgan fingerprint density at radius 1 is 0.854 bits per heavy atom. The molecule has 5 N–H and O–H groups in total. The van der Waals surface area contributed by atoms with Crippen LogP contribution in [0.1, 0.15) is 119 Å². The molecule has 12 heteroatoms. The van der Waals surface area contributed by atoms with Gasteiger partial charge in [-0.2, -0.15) is 0 Å². The van der Waals surface area contributed by atoms with Crippen molar-refractivity contribution in [3.05, 3.63) is 0 Å². The van der Waals surface area contributed by atoms with Crippen molar-refractivity contribution in [1.29, 1.82) is 0 Å². The van der Waals surface area contributed by atoms with Crippen molar-refractivity contribution in [2.75, 3.05) is 6.54 Å². The first kappa shape index (κ1) is 37.6. The number of primary amides is 1. The van der Waals surface area contributed by atoms with Crippen LogP contribution in [0.4, 0.5) is 0 Å². The van der Waals surface area contributed by atoms with E-state index in [2.05, 4.69) is 16.0 Å². The van der Waals surface area contributed by atoms with Crippen LogP contribution >= 0.6 is 0 Å². The lowest BCUT2D eigenvalue weighted by molar-refractivity contribution is -0.160. The van der Waals surface area contributed by atoms with Gasteiger partial charge in [-0.05, 0) is 115 Å². The molecule has 5 rings (SSSR count).